The van der Waals surface area contributed by atoms with E-state index in [9.17, 15) is 4.79 Å². The van der Waals surface area contributed by atoms with Crippen LogP contribution in [0.1, 0.15) is 33.6 Å². The molecule has 4 heteroatoms. The fraction of sp³-hybridized carbons (Fsp3) is 0.889. The lowest BCUT2D eigenvalue weighted by Gasteiger charge is -2.23. The van der Waals surface area contributed by atoms with Gasteiger partial charge in [-0.2, -0.15) is 0 Å². The van der Waals surface area contributed by atoms with Gasteiger partial charge in [-0.3, -0.25) is 4.79 Å². The molecule has 1 amide bonds. The average Bonchev–Trinajstić information content (AvgIpc) is 2.00. The average molecular weight is 188 g/mol. The molecule has 0 aromatic carbocycles. The molecule has 0 aliphatic rings. The number of hydrogen-bond acceptors (Lipinski definition) is 3. The Labute approximate surface area is 79.5 Å². The molecular formula is C9H20N2O2. The number of amides is 1. The molecular weight excluding hydrogens is 168 g/mol. The second kappa shape index (κ2) is 5.19. The second-order valence-corrected chi connectivity index (χ2v) is 4.11. The highest BCUT2D eigenvalue weighted by atomic mass is 16.3. The third-order valence-electron chi connectivity index (χ3n) is 1.70. The Morgan fingerprint density at radius 1 is 1.62 bits per heavy atom. The zero-order chi connectivity index (χ0) is 10.5. The number of nitrogens with one attached hydrogen (secondary N) is 1. The number of carbonyl (C=O) groups is 1. The summed E-state index contributed by atoms with van der Waals surface area (Å²) in [5.41, 5.74) is 4.97. The van der Waals surface area contributed by atoms with E-state index in [0.717, 1.165) is 0 Å². The molecule has 4 N–H and O–H groups in total. The van der Waals surface area contributed by atoms with Crippen LogP contribution in [0.4, 0.5) is 0 Å². The van der Waals surface area contributed by atoms with E-state index in [2.05, 4.69) is 5.32 Å². The molecule has 0 saturated heterocycles. The van der Waals surface area contributed by atoms with Gasteiger partial charge in [0.2, 0.25) is 5.91 Å². The zero-order valence-corrected chi connectivity index (χ0v) is 8.63. The molecule has 0 aromatic heterocycles. The summed E-state index contributed by atoms with van der Waals surface area (Å²) < 4.78 is 0. The fourth-order valence-corrected chi connectivity index (χ4v) is 0.838. The molecule has 1 unspecified atom stereocenters. The molecule has 4 nitrogen and oxygen atoms in total. The van der Waals surface area contributed by atoms with E-state index in [0.29, 0.717) is 12.8 Å². The molecule has 0 rings (SSSR count). The van der Waals surface area contributed by atoms with Gasteiger partial charge in [-0.05, 0) is 27.2 Å². The van der Waals surface area contributed by atoms with Crippen molar-refractivity contribution in [2.24, 2.45) is 5.73 Å². The van der Waals surface area contributed by atoms with E-state index in [4.69, 9.17) is 10.8 Å². The van der Waals surface area contributed by atoms with Crippen molar-refractivity contribution in [3.63, 3.8) is 0 Å². The minimum atomic E-state index is -0.533. The topological polar surface area (TPSA) is 75.4 Å². The van der Waals surface area contributed by atoms with Gasteiger partial charge in [-0.15, -0.1) is 0 Å². The molecule has 1 atom stereocenters. The van der Waals surface area contributed by atoms with Gasteiger partial charge in [0.05, 0.1) is 12.1 Å². The second-order valence-electron chi connectivity index (χ2n) is 4.11. The Bertz CT molecular complexity index is 167. The number of hydrogen-bond donors (Lipinski definition) is 3. The number of aliphatic hydroxyl groups excluding tert-OH is 1. The highest BCUT2D eigenvalue weighted by molar-refractivity contribution is 5.76. The van der Waals surface area contributed by atoms with Crippen LogP contribution in [-0.2, 0) is 4.79 Å². The van der Waals surface area contributed by atoms with Crippen LogP contribution in [0.5, 0.6) is 0 Å². The van der Waals surface area contributed by atoms with E-state index in [1.54, 1.807) is 13.8 Å². The van der Waals surface area contributed by atoms with Crippen molar-refractivity contribution in [1.82, 2.24) is 5.32 Å². The van der Waals surface area contributed by atoms with Crippen molar-refractivity contribution in [1.29, 1.82) is 0 Å². The molecule has 0 spiro atoms. The maximum Gasteiger partial charge on any atom is 0.220 e. The summed E-state index contributed by atoms with van der Waals surface area (Å²) in [7, 11) is 0. The molecule has 0 aliphatic heterocycles. The molecule has 0 saturated carbocycles. The molecule has 0 aromatic rings. The minimum absolute atomic E-state index is 0.0444. The third kappa shape index (κ3) is 6.54. The molecule has 0 aliphatic carbocycles. The Hall–Kier alpha value is -0.610. The van der Waals surface area contributed by atoms with Gasteiger partial charge in [-0.1, -0.05) is 0 Å². The lowest BCUT2D eigenvalue weighted by atomic mass is 10.1. The summed E-state index contributed by atoms with van der Waals surface area (Å²) in [6.45, 7) is 5.36. The highest BCUT2D eigenvalue weighted by Gasteiger charge is 2.18. The van der Waals surface area contributed by atoms with Crippen molar-refractivity contribution >= 4 is 5.91 Å². The first kappa shape index (κ1) is 12.4. The lowest BCUT2D eigenvalue weighted by molar-refractivity contribution is -0.123. The molecule has 0 radical (unpaired) electrons. The maximum atomic E-state index is 11.2. The molecule has 0 bridgehead atoms. The van der Waals surface area contributed by atoms with Crippen LogP contribution in [0.25, 0.3) is 0 Å². The maximum absolute atomic E-state index is 11.2. The Morgan fingerprint density at radius 2 is 2.15 bits per heavy atom. The quantitative estimate of drug-likeness (QED) is 0.568. The van der Waals surface area contributed by atoms with Gasteiger partial charge in [0, 0.05) is 12.5 Å². The van der Waals surface area contributed by atoms with Crippen molar-refractivity contribution in [2.75, 3.05) is 6.61 Å². The van der Waals surface area contributed by atoms with Gasteiger partial charge in [-0.25, -0.2) is 0 Å². The van der Waals surface area contributed by atoms with E-state index in [1.807, 2.05) is 6.92 Å². The first-order valence-electron chi connectivity index (χ1n) is 4.55. The van der Waals surface area contributed by atoms with Crippen LogP contribution in [0.3, 0.4) is 0 Å². The standard InChI is InChI=1S/C9H20N2O2/c1-7(10)4-5-8(13)11-9(2,3)6-12/h7,12H,4-6,10H2,1-3H3,(H,11,13). The van der Waals surface area contributed by atoms with Gasteiger partial charge in [0.1, 0.15) is 0 Å². The Morgan fingerprint density at radius 3 is 2.54 bits per heavy atom. The molecule has 0 fully saturated rings. The molecule has 0 heterocycles. The normalized spacial score (nSPS) is 13.9. The summed E-state index contributed by atoms with van der Waals surface area (Å²) in [6, 6.07) is 0.0444. The predicted octanol–water partition coefficient (Wildman–Crippen LogP) is 0.000900. The first-order chi connectivity index (χ1) is 5.87. The van der Waals surface area contributed by atoms with Crippen LogP contribution in [0, 0.1) is 0 Å². The summed E-state index contributed by atoms with van der Waals surface area (Å²) in [5.74, 6) is -0.0589. The lowest BCUT2D eigenvalue weighted by Crippen LogP contribution is -2.46. The van der Waals surface area contributed by atoms with Crippen LogP contribution in [0.2, 0.25) is 0 Å². The zero-order valence-electron chi connectivity index (χ0n) is 8.63. The number of nitrogens with two attached hydrogens (primary N) is 1. The SMILES string of the molecule is CC(N)CCC(=O)NC(C)(C)CO. The number of rotatable bonds is 5. The van der Waals surface area contributed by atoms with Crippen molar-refractivity contribution in [2.45, 2.75) is 45.2 Å². The third-order valence-corrected chi connectivity index (χ3v) is 1.70. The van der Waals surface area contributed by atoms with Crippen molar-refractivity contribution in [3.8, 4) is 0 Å². The minimum Gasteiger partial charge on any atom is -0.394 e. The Kier molecular flexibility index (Phi) is 4.95. The van der Waals surface area contributed by atoms with E-state index in [-0.39, 0.29) is 18.6 Å². The molecule has 78 valence electrons. The number of aliphatic hydroxyl groups is 1. The summed E-state index contributed by atoms with van der Waals surface area (Å²) in [5, 5.41) is 11.6. The van der Waals surface area contributed by atoms with Crippen LogP contribution in [-0.4, -0.2) is 29.2 Å². The van der Waals surface area contributed by atoms with Gasteiger partial charge in [0.25, 0.3) is 0 Å². The van der Waals surface area contributed by atoms with Crippen LogP contribution >= 0.6 is 0 Å². The summed E-state index contributed by atoms with van der Waals surface area (Å²) in [4.78, 5) is 11.2. The number of carbonyl (C=O) groups excluding carboxylic acids is 1. The van der Waals surface area contributed by atoms with Gasteiger partial charge < -0.3 is 16.2 Å². The van der Waals surface area contributed by atoms with Gasteiger partial charge >= 0.3 is 0 Å². The predicted molar refractivity (Wildman–Crippen MR) is 52.2 cm³/mol. The van der Waals surface area contributed by atoms with Crippen LogP contribution in [0.15, 0.2) is 0 Å². The smallest absolute Gasteiger partial charge is 0.220 e. The fourth-order valence-electron chi connectivity index (χ4n) is 0.838. The van der Waals surface area contributed by atoms with E-state index < -0.39 is 5.54 Å². The van der Waals surface area contributed by atoms with Crippen molar-refractivity contribution in [3.05, 3.63) is 0 Å². The molecule has 13 heavy (non-hydrogen) atoms. The highest BCUT2D eigenvalue weighted by Crippen LogP contribution is 2.01. The van der Waals surface area contributed by atoms with Crippen molar-refractivity contribution < 1.29 is 9.90 Å². The largest absolute Gasteiger partial charge is 0.394 e. The van der Waals surface area contributed by atoms with E-state index in [1.165, 1.54) is 0 Å². The first-order valence-corrected chi connectivity index (χ1v) is 4.55. The Balaban J connectivity index is 3.74. The van der Waals surface area contributed by atoms with E-state index >= 15 is 0 Å². The monoisotopic (exact) mass is 188 g/mol. The summed E-state index contributed by atoms with van der Waals surface area (Å²) >= 11 is 0. The van der Waals surface area contributed by atoms with Crippen LogP contribution < -0.4 is 11.1 Å². The summed E-state index contributed by atoms with van der Waals surface area (Å²) in [6.07, 6.45) is 1.09. The van der Waals surface area contributed by atoms with Gasteiger partial charge in [0.15, 0.2) is 0 Å².